The fourth-order valence-corrected chi connectivity index (χ4v) is 4.05. The molecule has 30 heavy (non-hydrogen) atoms. The summed E-state index contributed by atoms with van der Waals surface area (Å²) in [6.45, 7) is 1.19. The molecule has 0 saturated carbocycles. The summed E-state index contributed by atoms with van der Waals surface area (Å²) in [5.41, 5.74) is 1.56. The molecule has 2 aromatic carbocycles. The Morgan fingerprint density at radius 1 is 1.07 bits per heavy atom. The second-order valence-corrected chi connectivity index (χ2v) is 7.55. The molecule has 7 heteroatoms. The minimum Gasteiger partial charge on any atom is -0.497 e. The quantitative estimate of drug-likeness (QED) is 0.728. The van der Waals surface area contributed by atoms with Crippen LogP contribution < -0.4 is 14.8 Å². The molecule has 2 N–H and O–H groups in total. The lowest BCUT2D eigenvalue weighted by atomic mass is 9.70. The average molecular weight is 412 g/mol. The number of hydrogen-bond donors (Lipinski definition) is 2. The molecule has 0 unspecified atom stereocenters. The van der Waals surface area contributed by atoms with Crippen LogP contribution in [0.4, 0.5) is 4.79 Å². The smallest absolute Gasteiger partial charge is 0.407 e. The summed E-state index contributed by atoms with van der Waals surface area (Å²) in [5, 5.41) is 12.3. The van der Waals surface area contributed by atoms with Crippen LogP contribution in [0.3, 0.4) is 0 Å². The van der Waals surface area contributed by atoms with Gasteiger partial charge in [-0.25, -0.2) is 4.79 Å². The van der Waals surface area contributed by atoms with E-state index in [1.807, 2.05) is 42.5 Å². The summed E-state index contributed by atoms with van der Waals surface area (Å²) in [6, 6.07) is 15.4. The molecule has 0 radical (unpaired) electrons. The Hall–Kier alpha value is -3.22. The van der Waals surface area contributed by atoms with Gasteiger partial charge in [-0.15, -0.1) is 0 Å². The van der Waals surface area contributed by atoms with Crippen molar-refractivity contribution in [2.24, 2.45) is 0 Å². The number of hydrogen-bond acceptors (Lipinski definition) is 4. The highest BCUT2D eigenvalue weighted by Crippen LogP contribution is 2.38. The lowest BCUT2D eigenvalue weighted by Gasteiger charge is -2.41. The van der Waals surface area contributed by atoms with Gasteiger partial charge >= 0.3 is 6.09 Å². The van der Waals surface area contributed by atoms with E-state index >= 15 is 0 Å². The van der Waals surface area contributed by atoms with Crippen molar-refractivity contribution >= 4 is 12.0 Å². The summed E-state index contributed by atoms with van der Waals surface area (Å²) >= 11 is 0. The number of amides is 2. The highest BCUT2D eigenvalue weighted by molar-refractivity contribution is 5.78. The molecule has 1 fully saturated rings. The van der Waals surface area contributed by atoms with Gasteiger partial charge < -0.3 is 24.8 Å². The minimum absolute atomic E-state index is 0.0690. The second kappa shape index (κ2) is 9.52. The molecule has 1 heterocycles. The van der Waals surface area contributed by atoms with Crippen molar-refractivity contribution in [2.45, 2.75) is 31.2 Å². The van der Waals surface area contributed by atoms with E-state index in [4.69, 9.17) is 9.47 Å². The Kier molecular flexibility index (Phi) is 6.82. The number of nitrogens with one attached hydrogen (secondary N) is 1. The monoisotopic (exact) mass is 412 g/mol. The normalized spacial score (nSPS) is 15.3. The fraction of sp³-hybridized carbons (Fsp3) is 0.391. The maximum Gasteiger partial charge on any atom is 0.407 e. The Labute approximate surface area is 176 Å². The third kappa shape index (κ3) is 4.84. The number of carboxylic acid groups (broad SMARTS) is 1. The van der Waals surface area contributed by atoms with Gasteiger partial charge in [-0.05, 0) is 30.5 Å². The predicted molar refractivity (Wildman–Crippen MR) is 113 cm³/mol. The summed E-state index contributed by atoms with van der Waals surface area (Å²) in [7, 11) is 3.18. The maximum absolute atomic E-state index is 12.9. The molecule has 160 valence electrons. The van der Waals surface area contributed by atoms with Crippen molar-refractivity contribution in [1.29, 1.82) is 0 Å². The van der Waals surface area contributed by atoms with E-state index in [-0.39, 0.29) is 11.3 Å². The zero-order valence-corrected chi connectivity index (χ0v) is 17.4. The first-order chi connectivity index (χ1) is 14.5. The molecular formula is C23H28N2O5. The van der Waals surface area contributed by atoms with Gasteiger partial charge in [0.1, 0.15) is 11.5 Å². The van der Waals surface area contributed by atoms with Crippen LogP contribution in [0.5, 0.6) is 11.5 Å². The predicted octanol–water partition coefficient (Wildman–Crippen LogP) is 3.42. The van der Waals surface area contributed by atoms with Crippen LogP contribution in [-0.2, 0) is 16.8 Å². The van der Waals surface area contributed by atoms with E-state index in [1.165, 1.54) is 4.90 Å². The van der Waals surface area contributed by atoms with Crippen molar-refractivity contribution in [2.75, 3.05) is 27.3 Å². The van der Waals surface area contributed by atoms with E-state index in [2.05, 4.69) is 5.32 Å². The van der Waals surface area contributed by atoms with Gasteiger partial charge in [0.2, 0.25) is 5.91 Å². The summed E-state index contributed by atoms with van der Waals surface area (Å²) in [5.74, 6) is 1.28. The van der Waals surface area contributed by atoms with Gasteiger partial charge in [-0.1, -0.05) is 30.3 Å². The standard InChI is InChI=1S/C23H28N2O5/c1-29-19-9-8-17(20(14-19)30-2)16-24-21(26)15-23(18-6-4-3-5-7-18)10-12-25(13-11-23)22(27)28/h3-9,14H,10-13,15-16H2,1-2H3,(H,24,26)(H,27,28). The van der Waals surface area contributed by atoms with Gasteiger partial charge in [0, 0.05) is 43.1 Å². The van der Waals surface area contributed by atoms with Gasteiger partial charge in [-0.3, -0.25) is 4.79 Å². The first kappa shape index (κ1) is 21.5. The van der Waals surface area contributed by atoms with E-state index < -0.39 is 6.09 Å². The van der Waals surface area contributed by atoms with Crippen LogP contribution in [0.25, 0.3) is 0 Å². The molecule has 0 bridgehead atoms. The topological polar surface area (TPSA) is 88.1 Å². The average Bonchev–Trinajstić information content (AvgIpc) is 2.78. The molecule has 1 aliphatic heterocycles. The van der Waals surface area contributed by atoms with Gasteiger partial charge in [0.05, 0.1) is 14.2 Å². The number of carbonyl (C=O) groups excluding carboxylic acids is 1. The Morgan fingerprint density at radius 3 is 2.37 bits per heavy atom. The molecule has 0 spiro atoms. The first-order valence-corrected chi connectivity index (χ1v) is 9.98. The largest absolute Gasteiger partial charge is 0.497 e. The molecule has 2 amide bonds. The SMILES string of the molecule is COc1ccc(CNC(=O)CC2(c3ccccc3)CCN(C(=O)O)CC2)c(OC)c1. The van der Waals surface area contributed by atoms with Gasteiger partial charge in [0.25, 0.3) is 0 Å². The zero-order chi connectivity index (χ0) is 21.6. The third-order valence-electron chi connectivity index (χ3n) is 5.85. The molecule has 0 aromatic heterocycles. The maximum atomic E-state index is 12.9. The number of rotatable bonds is 7. The number of benzene rings is 2. The lowest BCUT2D eigenvalue weighted by Crippen LogP contribution is -2.46. The molecule has 1 aliphatic rings. The van der Waals surface area contributed by atoms with Crippen LogP contribution in [0.15, 0.2) is 48.5 Å². The molecule has 0 aliphatic carbocycles. The minimum atomic E-state index is -0.910. The van der Waals surface area contributed by atoms with E-state index in [0.717, 1.165) is 11.1 Å². The molecule has 3 rings (SSSR count). The summed E-state index contributed by atoms with van der Waals surface area (Å²) in [6.07, 6.45) is 0.626. The second-order valence-electron chi connectivity index (χ2n) is 7.55. The molecular weight excluding hydrogens is 384 g/mol. The van der Waals surface area contributed by atoms with E-state index in [1.54, 1.807) is 20.3 Å². The number of ether oxygens (including phenoxy) is 2. The number of methoxy groups -OCH3 is 2. The number of likely N-dealkylation sites (tertiary alicyclic amines) is 1. The number of piperidine rings is 1. The highest BCUT2D eigenvalue weighted by atomic mass is 16.5. The summed E-state index contributed by atoms with van der Waals surface area (Å²) in [4.78, 5) is 25.6. The van der Waals surface area contributed by atoms with Crippen molar-refractivity contribution in [3.63, 3.8) is 0 Å². The molecule has 7 nitrogen and oxygen atoms in total. The molecule has 2 aromatic rings. The van der Waals surface area contributed by atoms with Gasteiger partial charge in [0.15, 0.2) is 0 Å². The first-order valence-electron chi connectivity index (χ1n) is 9.98. The molecule has 1 saturated heterocycles. The summed E-state index contributed by atoms with van der Waals surface area (Å²) < 4.78 is 10.6. The van der Waals surface area contributed by atoms with E-state index in [0.29, 0.717) is 50.4 Å². The fourth-order valence-electron chi connectivity index (χ4n) is 4.05. The van der Waals surface area contributed by atoms with Crippen molar-refractivity contribution in [3.05, 3.63) is 59.7 Å². The highest BCUT2D eigenvalue weighted by Gasteiger charge is 2.39. The van der Waals surface area contributed by atoms with Crippen molar-refractivity contribution < 1.29 is 24.2 Å². The Bertz CT molecular complexity index is 876. The Morgan fingerprint density at radius 2 is 1.77 bits per heavy atom. The lowest BCUT2D eigenvalue weighted by molar-refractivity contribution is -0.123. The third-order valence-corrected chi connectivity index (χ3v) is 5.85. The van der Waals surface area contributed by atoms with E-state index in [9.17, 15) is 14.7 Å². The van der Waals surface area contributed by atoms with Gasteiger partial charge in [-0.2, -0.15) is 0 Å². The Balaban J connectivity index is 1.71. The zero-order valence-electron chi connectivity index (χ0n) is 17.4. The van der Waals surface area contributed by atoms with Crippen LogP contribution in [0.1, 0.15) is 30.4 Å². The van der Waals surface area contributed by atoms with Crippen LogP contribution in [0, 0.1) is 0 Å². The van der Waals surface area contributed by atoms with Crippen LogP contribution in [-0.4, -0.2) is 49.3 Å². The molecule has 0 atom stereocenters. The van der Waals surface area contributed by atoms with Crippen LogP contribution >= 0.6 is 0 Å². The van der Waals surface area contributed by atoms with Crippen molar-refractivity contribution in [1.82, 2.24) is 10.2 Å². The number of nitrogens with zero attached hydrogens (tertiary/aromatic N) is 1. The van der Waals surface area contributed by atoms with Crippen LogP contribution in [0.2, 0.25) is 0 Å². The number of carbonyl (C=O) groups is 2. The van der Waals surface area contributed by atoms with Crippen molar-refractivity contribution in [3.8, 4) is 11.5 Å².